The molecule has 0 spiro atoms. The fraction of sp³-hybridized carbons (Fsp3) is 0.400. The van der Waals surface area contributed by atoms with Gasteiger partial charge in [0.05, 0.1) is 25.3 Å². The van der Waals surface area contributed by atoms with Gasteiger partial charge in [-0.1, -0.05) is 30.2 Å². The number of nitrogens with zero attached hydrogens (tertiary/aromatic N) is 6. The summed E-state index contributed by atoms with van der Waals surface area (Å²) in [6.07, 6.45) is 3.66. The van der Waals surface area contributed by atoms with Crippen LogP contribution in [0.2, 0.25) is 0 Å². The number of rotatable bonds is 4. The van der Waals surface area contributed by atoms with Crippen molar-refractivity contribution in [1.82, 2.24) is 23.7 Å². The molecule has 4 heterocycles. The number of hydroxylamine groups is 2. The van der Waals surface area contributed by atoms with E-state index >= 15 is 0 Å². The number of aromatic nitrogens is 4. The number of allylic oxidation sites excluding steroid dienone is 1. The minimum absolute atomic E-state index is 0.0198. The van der Waals surface area contributed by atoms with Crippen LogP contribution in [0, 0.1) is 11.8 Å². The highest BCUT2D eigenvalue weighted by Crippen LogP contribution is 2.25. The first-order valence-electron chi connectivity index (χ1n) is 11.7. The summed E-state index contributed by atoms with van der Waals surface area (Å²) in [5.41, 5.74) is 8.25. The molecule has 35 heavy (non-hydrogen) atoms. The first-order chi connectivity index (χ1) is 16.9. The molecule has 1 fully saturated rings. The summed E-state index contributed by atoms with van der Waals surface area (Å²) >= 11 is 0. The maximum absolute atomic E-state index is 13.7. The van der Waals surface area contributed by atoms with Crippen LogP contribution < -0.4 is 21.9 Å². The number of fused-ring (bicyclic) bond motifs is 2. The van der Waals surface area contributed by atoms with Crippen LogP contribution in [0.15, 0.2) is 39.6 Å². The van der Waals surface area contributed by atoms with Gasteiger partial charge >= 0.3 is 5.69 Å². The maximum Gasteiger partial charge on any atom is 0.332 e. The van der Waals surface area contributed by atoms with Gasteiger partial charge in [0, 0.05) is 26.2 Å². The first kappa shape index (κ1) is 23.0. The van der Waals surface area contributed by atoms with Crippen molar-refractivity contribution in [3.63, 3.8) is 0 Å². The van der Waals surface area contributed by atoms with Crippen LogP contribution in [0.5, 0.6) is 0 Å². The van der Waals surface area contributed by atoms with Crippen molar-refractivity contribution in [2.24, 2.45) is 12.8 Å². The van der Waals surface area contributed by atoms with Crippen molar-refractivity contribution in [2.75, 3.05) is 18.0 Å². The summed E-state index contributed by atoms with van der Waals surface area (Å²) in [5.74, 6) is 6.51. The van der Waals surface area contributed by atoms with E-state index in [0.29, 0.717) is 29.4 Å². The number of piperidine rings is 1. The van der Waals surface area contributed by atoms with Gasteiger partial charge in [-0.25, -0.2) is 4.79 Å². The van der Waals surface area contributed by atoms with Crippen LogP contribution in [0.3, 0.4) is 0 Å². The van der Waals surface area contributed by atoms with Gasteiger partial charge in [0.25, 0.3) is 5.56 Å². The number of imidazole rings is 1. The molecule has 2 aliphatic rings. The highest BCUT2D eigenvalue weighted by Gasteiger charge is 2.27. The molecule has 10 heteroatoms. The van der Waals surface area contributed by atoms with E-state index in [1.54, 1.807) is 24.6 Å². The summed E-state index contributed by atoms with van der Waals surface area (Å²) in [7, 11) is 1.61. The van der Waals surface area contributed by atoms with Gasteiger partial charge in [-0.3, -0.25) is 28.8 Å². The predicted molar refractivity (Wildman–Crippen MR) is 134 cm³/mol. The summed E-state index contributed by atoms with van der Waals surface area (Å²) in [6, 6.07) is 7.72. The second kappa shape index (κ2) is 9.09. The number of benzene rings is 1. The number of hydrogen-bond donors (Lipinski definition) is 2. The molecule has 0 saturated carbocycles. The summed E-state index contributed by atoms with van der Waals surface area (Å²) in [5, 5.41) is 11.7. The minimum atomic E-state index is -0.497. The first-order valence-corrected chi connectivity index (χ1v) is 11.7. The third-order valence-corrected chi connectivity index (χ3v) is 6.72. The molecular weight excluding hydrogens is 446 g/mol. The Bertz CT molecular complexity index is 1500. The predicted octanol–water partition coefficient (Wildman–Crippen LogP) is 1.09. The third kappa shape index (κ3) is 4.03. The monoisotopic (exact) mass is 475 g/mol. The molecule has 3 aromatic rings. The van der Waals surface area contributed by atoms with E-state index in [9.17, 15) is 14.8 Å². The van der Waals surface area contributed by atoms with E-state index in [1.807, 2.05) is 24.3 Å². The van der Waals surface area contributed by atoms with Crippen molar-refractivity contribution in [2.45, 2.75) is 45.4 Å². The van der Waals surface area contributed by atoms with E-state index in [2.05, 4.69) is 16.7 Å². The quantitative estimate of drug-likeness (QED) is 0.543. The highest BCUT2D eigenvalue weighted by molar-refractivity contribution is 5.75. The van der Waals surface area contributed by atoms with Gasteiger partial charge in [-0.2, -0.15) is 4.98 Å². The van der Waals surface area contributed by atoms with E-state index in [4.69, 9.17) is 10.7 Å². The molecule has 0 bridgehead atoms. The average molecular weight is 476 g/mol. The van der Waals surface area contributed by atoms with Crippen molar-refractivity contribution >= 4 is 23.2 Å². The molecule has 10 nitrogen and oxygen atoms in total. The lowest BCUT2D eigenvalue weighted by Gasteiger charge is -2.31. The Labute approximate surface area is 202 Å². The van der Waals surface area contributed by atoms with Crippen molar-refractivity contribution < 1.29 is 5.21 Å². The van der Waals surface area contributed by atoms with Gasteiger partial charge in [0.15, 0.2) is 11.2 Å². The normalized spacial score (nSPS) is 17.7. The summed E-state index contributed by atoms with van der Waals surface area (Å²) in [6.45, 7) is 3.61. The van der Waals surface area contributed by atoms with Crippen molar-refractivity contribution in [3.8, 4) is 11.8 Å². The minimum Gasteiger partial charge on any atom is -0.341 e. The Morgan fingerprint density at radius 2 is 2.03 bits per heavy atom. The molecule has 2 aromatic heterocycles. The van der Waals surface area contributed by atoms with Gasteiger partial charge in [-0.05, 0) is 37.0 Å². The van der Waals surface area contributed by atoms with Crippen LogP contribution in [0.1, 0.15) is 30.9 Å². The molecule has 0 radical (unpaired) electrons. The SMILES string of the molecule is CC#CCn1c(N2CCC[C@@H](N)C2)nc2c1c(=O)n(CC1=Cc3ccccc3CN1O)c(=O)n2C. The average Bonchev–Trinajstić information content (AvgIpc) is 3.24. The zero-order chi connectivity index (χ0) is 24.7. The van der Waals surface area contributed by atoms with Crippen LogP contribution in [-0.2, 0) is 26.7 Å². The second-order valence-electron chi connectivity index (χ2n) is 9.07. The lowest BCUT2D eigenvalue weighted by molar-refractivity contribution is -0.0685. The number of anilines is 1. The van der Waals surface area contributed by atoms with Gasteiger partial charge < -0.3 is 10.6 Å². The largest absolute Gasteiger partial charge is 0.341 e. The standard InChI is InChI=1S/C25H29N7O3/c1-3-4-12-30-21-22(27-24(30)29-11-7-10-19(26)15-29)28(2)25(34)31(23(21)33)16-20-13-17-8-5-6-9-18(17)14-32(20)35/h5-6,8-9,13,19,35H,7,10-12,14-16,26H2,1-2H3/t19-/m1/s1. The van der Waals surface area contributed by atoms with E-state index in [1.165, 1.54) is 4.57 Å². The van der Waals surface area contributed by atoms with Gasteiger partial charge in [0.1, 0.15) is 0 Å². The fourth-order valence-corrected chi connectivity index (χ4v) is 4.87. The second-order valence-corrected chi connectivity index (χ2v) is 9.07. The van der Waals surface area contributed by atoms with E-state index in [-0.39, 0.29) is 25.7 Å². The van der Waals surface area contributed by atoms with Crippen molar-refractivity contribution in [1.29, 1.82) is 0 Å². The van der Waals surface area contributed by atoms with Crippen molar-refractivity contribution in [3.05, 3.63) is 61.9 Å². The number of nitrogens with two attached hydrogens (primary N) is 1. The molecular formula is C25H29N7O3. The van der Waals surface area contributed by atoms with Crippen LogP contribution >= 0.6 is 0 Å². The summed E-state index contributed by atoms with van der Waals surface area (Å²) < 4.78 is 4.32. The Balaban J connectivity index is 1.66. The van der Waals surface area contributed by atoms with E-state index in [0.717, 1.165) is 40.1 Å². The number of hydrogen-bond acceptors (Lipinski definition) is 7. The topological polar surface area (TPSA) is 115 Å². The Hall–Kier alpha value is -3.81. The molecule has 3 N–H and O–H groups in total. The van der Waals surface area contributed by atoms with Gasteiger partial charge in [-0.15, -0.1) is 5.92 Å². The fourth-order valence-electron chi connectivity index (χ4n) is 4.87. The van der Waals surface area contributed by atoms with Crippen LogP contribution in [0.4, 0.5) is 5.95 Å². The molecule has 1 saturated heterocycles. The lowest BCUT2D eigenvalue weighted by Crippen LogP contribution is -2.44. The Morgan fingerprint density at radius 1 is 1.23 bits per heavy atom. The van der Waals surface area contributed by atoms with Gasteiger partial charge in [0.2, 0.25) is 5.95 Å². The molecule has 0 unspecified atom stereocenters. The smallest absolute Gasteiger partial charge is 0.332 e. The summed E-state index contributed by atoms with van der Waals surface area (Å²) in [4.78, 5) is 33.8. The maximum atomic E-state index is 13.7. The molecule has 2 aliphatic heterocycles. The lowest BCUT2D eigenvalue weighted by atomic mass is 10.0. The Kier molecular flexibility index (Phi) is 5.96. The number of aryl methyl sites for hydroxylation is 1. The van der Waals surface area contributed by atoms with Crippen LogP contribution in [-0.4, -0.2) is 48.1 Å². The molecule has 5 rings (SSSR count). The zero-order valence-electron chi connectivity index (χ0n) is 19.9. The zero-order valence-corrected chi connectivity index (χ0v) is 19.9. The molecule has 182 valence electrons. The highest BCUT2D eigenvalue weighted by atomic mass is 16.5. The third-order valence-electron chi connectivity index (χ3n) is 6.72. The van der Waals surface area contributed by atoms with E-state index < -0.39 is 11.2 Å². The molecule has 1 aromatic carbocycles. The molecule has 0 amide bonds. The molecule has 0 aliphatic carbocycles. The van der Waals surface area contributed by atoms with Crippen LogP contribution in [0.25, 0.3) is 17.2 Å². The Morgan fingerprint density at radius 3 is 2.80 bits per heavy atom. The molecule has 1 atom stereocenters.